The van der Waals surface area contributed by atoms with Crippen LogP contribution in [0, 0.1) is 0 Å². The van der Waals surface area contributed by atoms with E-state index in [1.165, 1.54) is 0 Å². The van der Waals surface area contributed by atoms with Gasteiger partial charge in [0.1, 0.15) is 17.1 Å². The molecular weight excluding hydrogens is 286 g/mol. The summed E-state index contributed by atoms with van der Waals surface area (Å²) in [6.45, 7) is 5.79. The predicted octanol–water partition coefficient (Wildman–Crippen LogP) is 3.43. The number of allylic oxidation sites excluding steroid dienone is 1. The third-order valence-electron chi connectivity index (χ3n) is 3.01. The van der Waals surface area contributed by atoms with Crippen LogP contribution >= 0.6 is 23.2 Å². The molecule has 1 aromatic rings. The lowest BCUT2D eigenvalue weighted by molar-refractivity contribution is 0.172. The predicted molar refractivity (Wildman–Crippen MR) is 78.4 cm³/mol. The van der Waals surface area contributed by atoms with Crippen molar-refractivity contribution in [3.63, 3.8) is 0 Å². The molecule has 19 heavy (non-hydrogen) atoms. The van der Waals surface area contributed by atoms with Gasteiger partial charge in [-0.15, -0.1) is 0 Å². The lowest BCUT2D eigenvalue weighted by Gasteiger charge is -2.16. The first-order chi connectivity index (χ1) is 8.89. The van der Waals surface area contributed by atoms with Crippen molar-refractivity contribution in [3.8, 4) is 5.75 Å². The Morgan fingerprint density at radius 3 is 2.53 bits per heavy atom. The quantitative estimate of drug-likeness (QED) is 0.783. The standard InChI is InChI=1S/C13H15BCl2O3/c1-5-11-13(2,3)19-14(18-11)9-6-8(17-4)7-10(15)12(9)16/h5-7H,1-4H3/b11-5+. The molecule has 0 aromatic heterocycles. The normalized spacial score (nSPS) is 19.7. The average Bonchev–Trinajstić information content (AvgIpc) is 2.67. The van der Waals surface area contributed by atoms with Gasteiger partial charge in [0, 0.05) is 11.5 Å². The molecule has 1 saturated heterocycles. The average molecular weight is 301 g/mol. The summed E-state index contributed by atoms with van der Waals surface area (Å²) in [5.41, 5.74) is 0.175. The zero-order chi connectivity index (χ0) is 14.2. The van der Waals surface area contributed by atoms with Gasteiger partial charge in [-0.2, -0.15) is 0 Å². The molecule has 0 N–H and O–H groups in total. The van der Waals surface area contributed by atoms with Gasteiger partial charge in [-0.3, -0.25) is 0 Å². The van der Waals surface area contributed by atoms with E-state index in [9.17, 15) is 0 Å². The topological polar surface area (TPSA) is 27.7 Å². The maximum absolute atomic E-state index is 6.22. The van der Waals surface area contributed by atoms with Crippen molar-refractivity contribution in [2.24, 2.45) is 0 Å². The lowest BCUT2D eigenvalue weighted by atomic mass is 9.79. The summed E-state index contributed by atoms with van der Waals surface area (Å²) in [6.07, 6.45) is 1.88. The van der Waals surface area contributed by atoms with Crippen LogP contribution in [-0.2, 0) is 9.31 Å². The van der Waals surface area contributed by atoms with E-state index in [1.807, 2.05) is 26.8 Å². The zero-order valence-corrected chi connectivity index (χ0v) is 12.8. The van der Waals surface area contributed by atoms with E-state index in [2.05, 4.69) is 0 Å². The van der Waals surface area contributed by atoms with Crippen molar-refractivity contribution >= 4 is 35.8 Å². The minimum absolute atomic E-state index is 0.412. The van der Waals surface area contributed by atoms with Crippen LogP contribution in [0.5, 0.6) is 5.75 Å². The maximum Gasteiger partial charge on any atom is 0.565 e. The molecule has 1 aliphatic heterocycles. The molecular formula is C13H15BCl2O3. The van der Waals surface area contributed by atoms with Crippen molar-refractivity contribution in [2.75, 3.05) is 7.11 Å². The van der Waals surface area contributed by atoms with E-state index in [0.29, 0.717) is 21.3 Å². The largest absolute Gasteiger partial charge is 0.565 e. The number of halogens is 2. The first-order valence-corrected chi connectivity index (χ1v) is 6.69. The molecule has 102 valence electrons. The van der Waals surface area contributed by atoms with Crippen molar-refractivity contribution in [1.29, 1.82) is 0 Å². The Morgan fingerprint density at radius 2 is 2.00 bits per heavy atom. The number of rotatable bonds is 2. The minimum Gasteiger partial charge on any atom is -0.533 e. The van der Waals surface area contributed by atoms with Gasteiger partial charge in [-0.05, 0) is 32.9 Å². The Bertz CT molecular complexity index is 529. The Labute approximate surface area is 123 Å². The maximum atomic E-state index is 6.22. The van der Waals surface area contributed by atoms with Crippen LogP contribution in [0.15, 0.2) is 24.0 Å². The fourth-order valence-electron chi connectivity index (χ4n) is 2.02. The highest BCUT2D eigenvalue weighted by atomic mass is 35.5. The van der Waals surface area contributed by atoms with Crippen molar-refractivity contribution in [1.82, 2.24) is 0 Å². The van der Waals surface area contributed by atoms with Gasteiger partial charge in [0.15, 0.2) is 0 Å². The van der Waals surface area contributed by atoms with E-state index in [-0.39, 0.29) is 0 Å². The van der Waals surface area contributed by atoms with Crippen LogP contribution in [0.3, 0.4) is 0 Å². The highest BCUT2D eigenvalue weighted by Crippen LogP contribution is 2.33. The molecule has 1 aromatic carbocycles. The molecule has 3 nitrogen and oxygen atoms in total. The number of methoxy groups -OCH3 is 1. The van der Waals surface area contributed by atoms with Crippen LogP contribution in [0.1, 0.15) is 20.8 Å². The summed E-state index contributed by atoms with van der Waals surface area (Å²) in [4.78, 5) is 0. The number of hydrogen-bond acceptors (Lipinski definition) is 3. The molecule has 0 radical (unpaired) electrons. The van der Waals surface area contributed by atoms with Gasteiger partial charge in [0.25, 0.3) is 0 Å². The van der Waals surface area contributed by atoms with Gasteiger partial charge >= 0.3 is 7.12 Å². The number of hydrogen-bond donors (Lipinski definition) is 0. The van der Waals surface area contributed by atoms with Crippen LogP contribution in [0.25, 0.3) is 0 Å². The molecule has 0 aliphatic carbocycles. The van der Waals surface area contributed by atoms with Crippen molar-refractivity contribution in [3.05, 3.63) is 34.0 Å². The van der Waals surface area contributed by atoms with Crippen LogP contribution in [0.2, 0.25) is 10.0 Å². The Kier molecular flexibility index (Phi) is 4.04. The molecule has 0 spiro atoms. The monoisotopic (exact) mass is 300 g/mol. The Balaban J connectivity index is 2.41. The van der Waals surface area contributed by atoms with Gasteiger partial charge in [-0.1, -0.05) is 23.2 Å². The fraction of sp³-hybridized carbons (Fsp3) is 0.385. The van der Waals surface area contributed by atoms with Crippen LogP contribution in [0.4, 0.5) is 0 Å². The molecule has 0 bridgehead atoms. The Morgan fingerprint density at radius 1 is 1.32 bits per heavy atom. The highest BCUT2D eigenvalue weighted by Gasteiger charge is 2.44. The fourth-order valence-corrected chi connectivity index (χ4v) is 2.44. The van der Waals surface area contributed by atoms with Crippen LogP contribution in [-0.4, -0.2) is 19.8 Å². The first-order valence-electron chi connectivity index (χ1n) is 5.93. The second-order valence-corrected chi connectivity index (χ2v) is 5.53. The molecule has 0 amide bonds. The molecule has 0 saturated carbocycles. The van der Waals surface area contributed by atoms with Gasteiger partial charge in [0.2, 0.25) is 0 Å². The van der Waals surface area contributed by atoms with Gasteiger partial charge in [0.05, 0.1) is 17.2 Å². The van der Waals surface area contributed by atoms with Crippen LogP contribution < -0.4 is 10.2 Å². The van der Waals surface area contributed by atoms with E-state index in [0.717, 1.165) is 5.76 Å². The third-order valence-corrected chi connectivity index (χ3v) is 3.83. The molecule has 1 fully saturated rings. The first kappa shape index (κ1) is 14.6. The highest BCUT2D eigenvalue weighted by molar-refractivity contribution is 6.67. The molecule has 0 atom stereocenters. The van der Waals surface area contributed by atoms with Gasteiger partial charge in [-0.25, -0.2) is 0 Å². The summed E-state index contributed by atoms with van der Waals surface area (Å²) >= 11 is 12.3. The summed E-state index contributed by atoms with van der Waals surface area (Å²) in [5.74, 6) is 1.39. The third kappa shape index (κ3) is 2.71. The van der Waals surface area contributed by atoms with Crippen molar-refractivity contribution < 1.29 is 14.0 Å². The smallest absolute Gasteiger partial charge is 0.533 e. The second-order valence-electron chi connectivity index (χ2n) is 4.74. The SMILES string of the molecule is C/C=C1/OB(c2cc(OC)cc(Cl)c2Cl)OC1(C)C. The zero-order valence-electron chi connectivity index (χ0n) is 11.3. The lowest BCUT2D eigenvalue weighted by Crippen LogP contribution is -2.35. The number of ether oxygens (including phenoxy) is 1. The molecule has 1 aliphatic rings. The number of benzene rings is 1. The molecule has 2 rings (SSSR count). The molecule has 1 heterocycles. The molecule has 6 heteroatoms. The summed E-state index contributed by atoms with van der Waals surface area (Å²) in [6, 6.07) is 3.43. The second kappa shape index (κ2) is 5.27. The van der Waals surface area contributed by atoms with E-state index >= 15 is 0 Å². The van der Waals surface area contributed by atoms with E-state index in [4.69, 9.17) is 37.2 Å². The summed E-state index contributed by atoms with van der Waals surface area (Å²) in [7, 11) is 0.988. The molecule has 0 unspecified atom stereocenters. The van der Waals surface area contributed by atoms with E-state index < -0.39 is 12.7 Å². The summed E-state index contributed by atoms with van der Waals surface area (Å²) in [5, 5.41) is 0.829. The van der Waals surface area contributed by atoms with Gasteiger partial charge < -0.3 is 14.0 Å². The minimum atomic E-state index is -0.582. The van der Waals surface area contributed by atoms with E-state index in [1.54, 1.807) is 19.2 Å². The Hall–Kier alpha value is -0.835. The van der Waals surface area contributed by atoms with Crippen molar-refractivity contribution in [2.45, 2.75) is 26.4 Å². The summed E-state index contributed by atoms with van der Waals surface area (Å²) < 4.78 is 16.9.